The lowest BCUT2D eigenvalue weighted by atomic mass is 10.0. The molecule has 3 N–H and O–H groups in total. The maximum absolute atomic E-state index is 12.1. The SMILES string of the molecule is CN(CC(=O)Nc1ccccc1C#N)C1CCCC1CN. The van der Waals surface area contributed by atoms with Crippen molar-refractivity contribution >= 4 is 11.6 Å². The molecule has 1 aliphatic rings. The van der Waals surface area contributed by atoms with E-state index in [0.29, 0.717) is 36.3 Å². The van der Waals surface area contributed by atoms with Crippen LogP contribution in [0.15, 0.2) is 24.3 Å². The van der Waals surface area contributed by atoms with Crippen molar-refractivity contribution in [2.75, 3.05) is 25.5 Å². The number of nitrogens with zero attached hydrogens (tertiary/aromatic N) is 2. The monoisotopic (exact) mass is 286 g/mol. The van der Waals surface area contributed by atoms with Gasteiger partial charge in [0.15, 0.2) is 0 Å². The summed E-state index contributed by atoms with van der Waals surface area (Å²) in [5.74, 6) is 0.386. The number of likely N-dealkylation sites (N-methyl/N-ethyl adjacent to an activating group) is 1. The molecule has 5 heteroatoms. The van der Waals surface area contributed by atoms with Crippen LogP contribution >= 0.6 is 0 Å². The molecule has 1 amide bonds. The van der Waals surface area contributed by atoms with E-state index in [1.54, 1.807) is 18.2 Å². The first-order valence-electron chi connectivity index (χ1n) is 7.35. The summed E-state index contributed by atoms with van der Waals surface area (Å²) in [5.41, 5.74) is 6.84. The van der Waals surface area contributed by atoms with Gasteiger partial charge in [0.25, 0.3) is 0 Å². The largest absolute Gasteiger partial charge is 0.330 e. The minimum atomic E-state index is -0.0946. The molecule has 1 aliphatic carbocycles. The zero-order valence-electron chi connectivity index (χ0n) is 12.4. The van der Waals surface area contributed by atoms with Gasteiger partial charge >= 0.3 is 0 Å². The highest BCUT2D eigenvalue weighted by molar-refractivity contribution is 5.93. The molecule has 2 rings (SSSR count). The molecule has 1 aromatic rings. The highest BCUT2D eigenvalue weighted by Gasteiger charge is 2.30. The fraction of sp³-hybridized carbons (Fsp3) is 0.500. The number of nitrogens with two attached hydrogens (primary N) is 1. The Balaban J connectivity index is 1.94. The van der Waals surface area contributed by atoms with Crippen LogP contribution in [-0.4, -0.2) is 37.0 Å². The predicted molar refractivity (Wildman–Crippen MR) is 82.6 cm³/mol. The van der Waals surface area contributed by atoms with Gasteiger partial charge in [-0.05, 0) is 44.5 Å². The van der Waals surface area contributed by atoms with E-state index in [0.717, 1.165) is 12.8 Å². The molecule has 0 bridgehead atoms. The average molecular weight is 286 g/mol. The van der Waals surface area contributed by atoms with E-state index < -0.39 is 0 Å². The predicted octanol–water partition coefficient (Wildman–Crippen LogP) is 1.56. The lowest BCUT2D eigenvalue weighted by molar-refractivity contribution is -0.117. The van der Waals surface area contributed by atoms with Crippen molar-refractivity contribution in [3.8, 4) is 6.07 Å². The number of nitrogens with one attached hydrogen (secondary N) is 1. The van der Waals surface area contributed by atoms with Crippen LogP contribution in [0.3, 0.4) is 0 Å². The molecule has 0 spiro atoms. The molecular weight excluding hydrogens is 264 g/mol. The van der Waals surface area contributed by atoms with Crippen LogP contribution in [0, 0.1) is 17.2 Å². The first-order chi connectivity index (χ1) is 10.2. The number of anilines is 1. The third-order valence-corrected chi connectivity index (χ3v) is 4.20. The number of rotatable bonds is 5. The molecule has 1 saturated carbocycles. The molecule has 2 atom stereocenters. The zero-order valence-corrected chi connectivity index (χ0v) is 12.4. The van der Waals surface area contributed by atoms with E-state index in [1.807, 2.05) is 13.1 Å². The summed E-state index contributed by atoms with van der Waals surface area (Å²) in [7, 11) is 1.97. The first-order valence-corrected chi connectivity index (χ1v) is 7.35. The molecule has 0 saturated heterocycles. The molecule has 0 radical (unpaired) electrons. The van der Waals surface area contributed by atoms with Gasteiger partial charge in [0.05, 0.1) is 17.8 Å². The Morgan fingerprint density at radius 1 is 1.48 bits per heavy atom. The van der Waals surface area contributed by atoms with Crippen LogP contribution in [0.1, 0.15) is 24.8 Å². The summed E-state index contributed by atoms with van der Waals surface area (Å²) < 4.78 is 0. The van der Waals surface area contributed by atoms with Crippen molar-refractivity contribution in [3.05, 3.63) is 29.8 Å². The number of hydrogen-bond acceptors (Lipinski definition) is 4. The van der Waals surface area contributed by atoms with Crippen LogP contribution < -0.4 is 11.1 Å². The fourth-order valence-corrected chi connectivity index (χ4v) is 3.10. The number of para-hydroxylation sites is 1. The van der Waals surface area contributed by atoms with E-state index in [4.69, 9.17) is 11.0 Å². The van der Waals surface area contributed by atoms with Crippen molar-refractivity contribution in [2.45, 2.75) is 25.3 Å². The Kier molecular flexibility index (Phi) is 5.32. The van der Waals surface area contributed by atoms with Crippen LogP contribution in [-0.2, 0) is 4.79 Å². The van der Waals surface area contributed by atoms with Crippen LogP contribution in [0.25, 0.3) is 0 Å². The third kappa shape index (κ3) is 3.81. The lowest BCUT2D eigenvalue weighted by Crippen LogP contribution is -2.41. The summed E-state index contributed by atoms with van der Waals surface area (Å²) >= 11 is 0. The van der Waals surface area contributed by atoms with Gasteiger partial charge in [-0.3, -0.25) is 9.69 Å². The minimum Gasteiger partial charge on any atom is -0.330 e. The van der Waals surface area contributed by atoms with Gasteiger partial charge in [-0.15, -0.1) is 0 Å². The fourth-order valence-electron chi connectivity index (χ4n) is 3.10. The number of carbonyl (C=O) groups is 1. The summed E-state index contributed by atoms with van der Waals surface area (Å²) in [6.45, 7) is 0.995. The molecule has 112 valence electrons. The van der Waals surface area contributed by atoms with Gasteiger partial charge < -0.3 is 11.1 Å². The van der Waals surface area contributed by atoms with Crippen LogP contribution in [0.4, 0.5) is 5.69 Å². The standard InChI is InChI=1S/C16H22N4O/c1-20(15-8-4-6-13(15)10-18)11-16(21)19-14-7-3-2-5-12(14)9-17/h2-3,5,7,13,15H,4,6,8,10-11,18H2,1H3,(H,19,21). The smallest absolute Gasteiger partial charge is 0.238 e. The van der Waals surface area contributed by atoms with E-state index in [-0.39, 0.29) is 5.91 Å². The van der Waals surface area contributed by atoms with Gasteiger partial charge in [-0.2, -0.15) is 5.26 Å². The second-order valence-corrected chi connectivity index (χ2v) is 5.61. The van der Waals surface area contributed by atoms with Crippen molar-refractivity contribution in [1.82, 2.24) is 4.90 Å². The zero-order chi connectivity index (χ0) is 15.2. The summed E-state index contributed by atoms with van der Waals surface area (Å²) in [6.07, 6.45) is 3.42. The Morgan fingerprint density at radius 2 is 2.24 bits per heavy atom. The van der Waals surface area contributed by atoms with Gasteiger partial charge in [0, 0.05) is 6.04 Å². The van der Waals surface area contributed by atoms with Crippen LogP contribution in [0.2, 0.25) is 0 Å². The summed E-state index contributed by atoms with van der Waals surface area (Å²) in [4.78, 5) is 14.2. The summed E-state index contributed by atoms with van der Waals surface area (Å²) in [5, 5.41) is 11.8. The maximum Gasteiger partial charge on any atom is 0.238 e. The lowest BCUT2D eigenvalue weighted by Gasteiger charge is -2.28. The third-order valence-electron chi connectivity index (χ3n) is 4.20. The Morgan fingerprint density at radius 3 is 2.95 bits per heavy atom. The van der Waals surface area contributed by atoms with Gasteiger partial charge in [-0.25, -0.2) is 0 Å². The molecule has 0 aromatic heterocycles. The second kappa shape index (κ2) is 7.21. The Labute approximate surface area is 125 Å². The highest BCUT2D eigenvalue weighted by atomic mass is 16.2. The van der Waals surface area contributed by atoms with Gasteiger partial charge in [0.2, 0.25) is 5.91 Å². The van der Waals surface area contributed by atoms with Crippen molar-refractivity contribution in [2.24, 2.45) is 11.7 Å². The first kappa shape index (κ1) is 15.5. The topological polar surface area (TPSA) is 82.2 Å². The average Bonchev–Trinajstić information content (AvgIpc) is 2.96. The molecule has 0 aliphatic heterocycles. The van der Waals surface area contributed by atoms with E-state index >= 15 is 0 Å². The number of nitriles is 1. The second-order valence-electron chi connectivity index (χ2n) is 5.61. The van der Waals surface area contributed by atoms with Crippen LogP contribution in [0.5, 0.6) is 0 Å². The number of carbonyl (C=O) groups excluding carboxylic acids is 1. The highest BCUT2D eigenvalue weighted by Crippen LogP contribution is 2.28. The molecule has 1 fully saturated rings. The van der Waals surface area contributed by atoms with Gasteiger partial charge in [0.1, 0.15) is 6.07 Å². The van der Waals surface area contributed by atoms with Crippen molar-refractivity contribution in [1.29, 1.82) is 5.26 Å². The van der Waals surface area contributed by atoms with E-state index in [2.05, 4.69) is 16.3 Å². The van der Waals surface area contributed by atoms with Gasteiger partial charge in [-0.1, -0.05) is 18.6 Å². The molecule has 0 heterocycles. The van der Waals surface area contributed by atoms with Crippen molar-refractivity contribution < 1.29 is 4.79 Å². The Hall–Kier alpha value is -1.90. The normalized spacial score (nSPS) is 21.2. The summed E-state index contributed by atoms with van der Waals surface area (Å²) in [6, 6.07) is 9.49. The van der Waals surface area contributed by atoms with Crippen molar-refractivity contribution in [3.63, 3.8) is 0 Å². The molecule has 1 aromatic carbocycles. The molecule has 2 unspecified atom stereocenters. The minimum absolute atomic E-state index is 0.0946. The molecule has 5 nitrogen and oxygen atoms in total. The number of benzene rings is 1. The molecular formula is C16H22N4O. The quantitative estimate of drug-likeness (QED) is 0.860. The molecule has 21 heavy (non-hydrogen) atoms. The number of hydrogen-bond donors (Lipinski definition) is 2. The number of amides is 1. The van der Waals surface area contributed by atoms with E-state index in [1.165, 1.54) is 6.42 Å². The Bertz CT molecular complexity index is 537. The maximum atomic E-state index is 12.1. The van der Waals surface area contributed by atoms with E-state index in [9.17, 15) is 4.79 Å².